The minimum absolute atomic E-state index is 0.130. The molecule has 1 aliphatic rings. The first kappa shape index (κ1) is 17.6. The molecule has 7 heteroatoms. The third kappa shape index (κ3) is 5.41. The van der Waals surface area contributed by atoms with Gasteiger partial charge in [-0.1, -0.05) is 23.7 Å². The molecule has 0 spiro atoms. The van der Waals surface area contributed by atoms with Gasteiger partial charge in [-0.2, -0.15) is 0 Å². The van der Waals surface area contributed by atoms with Crippen molar-refractivity contribution < 1.29 is 24.2 Å². The van der Waals surface area contributed by atoms with Gasteiger partial charge in [0.1, 0.15) is 5.75 Å². The zero-order valence-corrected chi connectivity index (χ0v) is 13.5. The van der Waals surface area contributed by atoms with Gasteiger partial charge in [0.05, 0.1) is 30.2 Å². The lowest BCUT2D eigenvalue weighted by atomic mass is 9.94. The van der Waals surface area contributed by atoms with Gasteiger partial charge in [-0.3, -0.25) is 9.59 Å². The van der Waals surface area contributed by atoms with E-state index in [0.29, 0.717) is 36.8 Å². The Hall–Kier alpha value is -1.79. The summed E-state index contributed by atoms with van der Waals surface area (Å²) < 4.78 is 10.8. The lowest BCUT2D eigenvalue weighted by molar-refractivity contribution is -0.139. The number of hydrogen-bond acceptors (Lipinski definition) is 4. The van der Waals surface area contributed by atoms with E-state index in [4.69, 9.17) is 26.2 Å². The monoisotopic (exact) mass is 341 g/mol. The second-order valence-electron chi connectivity index (χ2n) is 5.58. The van der Waals surface area contributed by atoms with E-state index < -0.39 is 11.5 Å². The Balaban J connectivity index is 1.74. The molecule has 0 bridgehead atoms. The van der Waals surface area contributed by atoms with Crippen LogP contribution in [0.4, 0.5) is 0 Å². The van der Waals surface area contributed by atoms with E-state index in [1.165, 1.54) is 0 Å². The van der Waals surface area contributed by atoms with Crippen LogP contribution in [-0.4, -0.2) is 42.3 Å². The summed E-state index contributed by atoms with van der Waals surface area (Å²) in [4.78, 5) is 23.0. The van der Waals surface area contributed by atoms with Crippen LogP contribution in [0.1, 0.15) is 25.7 Å². The van der Waals surface area contributed by atoms with Crippen molar-refractivity contribution >= 4 is 23.5 Å². The quantitative estimate of drug-likeness (QED) is 0.708. The maximum Gasteiger partial charge on any atom is 0.305 e. The molecule has 2 N–H and O–H groups in total. The number of hydrogen-bond donors (Lipinski definition) is 2. The third-order valence-corrected chi connectivity index (χ3v) is 3.95. The first-order valence-electron chi connectivity index (χ1n) is 7.49. The van der Waals surface area contributed by atoms with Crippen molar-refractivity contribution in [1.82, 2.24) is 5.32 Å². The molecule has 1 atom stereocenters. The number of benzene rings is 1. The van der Waals surface area contributed by atoms with Crippen molar-refractivity contribution in [2.24, 2.45) is 0 Å². The number of para-hydroxylation sites is 1. The van der Waals surface area contributed by atoms with Gasteiger partial charge in [0.15, 0.2) is 0 Å². The van der Waals surface area contributed by atoms with Crippen LogP contribution in [-0.2, 0) is 14.3 Å². The highest BCUT2D eigenvalue weighted by Crippen LogP contribution is 2.24. The van der Waals surface area contributed by atoms with Gasteiger partial charge in [-0.15, -0.1) is 0 Å². The molecule has 1 aromatic carbocycles. The van der Waals surface area contributed by atoms with E-state index in [1.807, 2.05) is 12.1 Å². The highest BCUT2D eigenvalue weighted by atomic mass is 35.5. The fourth-order valence-corrected chi connectivity index (χ4v) is 2.70. The summed E-state index contributed by atoms with van der Waals surface area (Å²) in [5.74, 6) is -0.557. The van der Waals surface area contributed by atoms with E-state index in [-0.39, 0.29) is 25.4 Å². The highest BCUT2D eigenvalue weighted by Gasteiger charge is 2.38. The number of aliphatic carboxylic acids is 1. The number of ether oxygens (including phenoxy) is 2. The van der Waals surface area contributed by atoms with Gasteiger partial charge in [0.2, 0.25) is 5.91 Å². The van der Waals surface area contributed by atoms with Gasteiger partial charge in [-0.25, -0.2) is 0 Å². The summed E-state index contributed by atoms with van der Waals surface area (Å²) in [6.07, 6.45) is 1.16. The lowest BCUT2D eigenvalue weighted by Gasteiger charge is -2.27. The Labute approximate surface area is 139 Å². The number of nitrogens with one attached hydrogen (secondary N) is 1. The van der Waals surface area contributed by atoms with Crippen molar-refractivity contribution in [3.63, 3.8) is 0 Å². The second kappa shape index (κ2) is 8.17. The smallest absolute Gasteiger partial charge is 0.305 e. The predicted octanol–water partition coefficient (Wildman–Crippen LogP) is 2.25. The Bertz CT molecular complexity index is 557. The molecule has 1 aromatic rings. The standard InChI is InChI=1S/C16H20ClNO5/c17-12-4-1-2-5-13(12)23-8-3-6-14(19)18-16(10-15(20)21)7-9-22-11-16/h1-2,4-5H,3,6-11H2,(H,18,19)(H,20,21). The minimum Gasteiger partial charge on any atom is -0.492 e. The summed E-state index contributed by atoms with van der Waals surface area (Å²) in [7, 11) is 0. The Morgan fingerprint density at radius 1 is 1.39 bits per heavy atom. The summed E-state index contributed by atoms with van der Waals surface area (Å²) >= 11 is 5.97. The summed E-state index contributed by atoms with van der Waals surface area (Å²) in [6, 6.07) is 7.14. The van der Waals surface area contributed by atoms with E-state index >= 15 is 0 Å². The van der Waals surface area contributed by atoms with Crippen LogP contribution in [0, 0.1) is 0 Å². The van der Waals surface area contributed by atoms with Crippen LogP contribution in [0.15, 0.2) is 24.3 Å². The molecular weight excluding hydrogens is 322 g/mol. The largest absolute Gasteiger partial charge is 0.492 e. The lowest BCUT2D eigenvalue weighted by Crippen LogP contribution is -2.50. The van der Waals surface area contributed by atoms with Crippen LogP contribution in [0.25, 0.3) is 0 Å². The van der Waals surface area contributed by atoms with Crippen LogP contribution >= 0.6 is 11.6 Å². The summed E-state index contributed by atoms with van der Waals surface area (Å²) in [5, 5.41) is 12.3. The normalized spacial score (nSPS) is 20.2. The van der Waals surface area contributed by atoms with Crippen molar-refractivity contribution in [3.8, 4) is 5.75 Å². The zero-order valence-electron chi connectivity index (χ0n) is 12.7. The van der Waals surface area contributed by atoms with E-state index in [9.17, 15) is 9.59 Å². The molecule has 1 heterocycles. The highest BCUT2D eigenvalue weighted by molar-refractivity contribution is 6.32. The second-order valence-corrected chi connectivity index (χ2v) is 5.99. The molecule has 1 unspecified atom stereocenters. The van der Waals surface area contributed by atoms with Gasteiger partial charge in [0.25, 0.3) is 0 Å². The summed E-state index contributed by atoms with van der Waals surface area (Å²) in [6.45, 7) is 1.06. The number of carbonyl (C=O) groups is 2. The van der Waals surface area contributed by atoms with Crippen molar-refractivity contribution in [2.45, 2.75) is 31.2 Å². The Kier molecular flexibility index (Phi) is 6.24. The molecule has 0 saturated carbocycles. The molecular formula is C16H20ClNO5. The number of halogens is 1. The van der Waals surface area contributed by atoms with Gasteiger partial charge >= 0.3 is 5.97 Å². The van der Waals surface area contributed by atoms with Crippen LogP contribution in [0.5, 0.6) is 5.75 Å². The van der Waals surface area contributed by atoms with Crippen molar-refractivity contribution in [1.29, 1.82) is 0 Å². The van der Waals surface area contributed by atoms with Crippen LogP contribution in [0.2, 0.25) is 5.02 Å². The minimum atomic E-state index is -0.946. The molecule has 1 fully saturated rings. The Morgan fingerprint density at radius 3 is 2.83 bits per heavy atom. The molecule has 0 aliphatic carbocycles. The molecule has 126 valence electrons. The number of carboxylic acids is 1. The van der Waals surface area contributed by atoms with Crippen molar-refractivity contribution in [3.05, 3.63) is 29.3 Å². The predicted molar refractivity (Wildman–Crippen MR) is 84.7 cm³/mol. The molecule has 0 radical (unpaired) electrons. The van der Waals surface area contributed by atoms with Crippen LogP contribution < -0.4 is 10.1 Å². The maximum atomic E-state index is 12.0. The number of carboxylic acid groups (broad SMARTS) is 1. The van der Waals surface area contributed by atoms with Gasteiger partial charge in [0, 0.05) is 13.0 Å². The van der Waals surface area contributed by atoms with Crippen LogP contribution in [0.3, 0.4) is 0 Å². The number of amides is 1. The fraction of sp³-hybridized carbons (Fsp3) is 0.500. The molecule has 0 aromatic heterocycles. The SMILES string of the molecule is O=C(O)CC1(NC(=O)CCCOc2ccccc2Cl)CCOC1. The first-order chi connectivity index (χ1) is 11.0. The fourth-order valence-electron chi connectivity index (χ4n) is 2.51. The molecule has 23 heavy (non-hydrogen) atoms. The summed E-state index contributed by atoms with van der Waals surface area (Å²) in [5.41, 5.74) is -0.785. The third-order valence-electron chi connectivity index (χ3n) is 3.64. The van der Waals surface area contributed by atoms with Gasteiger partial charge in [-0.05, 0) is 25.0 Å². The zero-order chi connectivity index (χ0) is 16.7. The number of carbonyl (C=O) groups excluding carboxylic acids is 1. The topological polar surface area (TPSA) is 84.9 Å². The molecule has 2 rings (SSSR count). The average molecular weight is 342 g/mol. The first-order valence-corrected chi connectivity index (χ1v) is 7.86. The van der Waals surface area contributed by atoms with Crippen molar-refractivity contribution in [2.75, 3.05) is 19.8 Å². The average Bonchev–Trinajstić information content (AvgIpc) is 2.92. The van der Waals surface area contributed by atoms with Gasteiger partial charge < -0.3 is 19.9 Å². The molecule has 1 amide bonds. The van der Waals surface area contributed by atoms with E-state index in [1.54, 1.807) is 12.1 Å². The molecule has 6 nitrogen and oxygen atoms in total. The molecule has 1 saturated heterocycles. The molecule has 1 aliphatic heterocycles. The number of rotatable bonds is 8. The van der Waals surface area contributed by atoms with E-state index in [0.717, 1.165) is 0 Å². The maximum absolute atomic E-state index is 12.0. The van der Waals surface area contributed by atoms with E-state index in [2.05, 4.69) is 5.32 Å². The Morgan fingerprint density at radius 2 is 2.17 bits per heavy atom.